The molecule has 12 heteroatoms. The van der Waals surface area contributed by atoms with Crippen LogP contribution in [-0.2, 0) is 16.0 Å². The predicted molar refractivity (Wildman–Crippen MR) is 120 cm³/mol. The van der Waals surface area contributed by atoms with Crippen molar-refractivity contribution in [3.05, 3.63) is 50.2 Å². The molecule has 1 aromatic carbocycles. The summed E-state index contributed by atoms with van der Waals surface area (Å²) in [6.07, 6.45) is 2.69. The third kappa shape index (κ3) is 2.91. The highest BCUT2D eigenvalue weighted by molar-refractivity contribution is 6.20. The molecule has 176 valence electrons. The highest BCUT2D eigenvalue weighted by Crippen LogP contribution is 2.49. The maximum atomic E-state index is 13.4. The molecule has 0 bridgehead atoms. The number of nitrogens with one attached hydrogen (secondary N) is 2. The molecule has 34 heavy (non-hydrogen) atoms. The first kappa shape index (κ1) is 21.6. The van der Waals surface area contributed by atoms with Crippen LogP contribution in [0.3, 0.4) is 0 Å². The van der Waals surface area contributed by atoms with E-state index in [-0.39, 0.29) is 18.0 Å². The van der Waals surface area contributed by atoms with Crippen LogP contribution in [0.2, 0.25) is 0 Å². The fourth-order valence-electron chi connectivity index (χ4n) is 5.33. The molecular formula is C22H22N6O6. The van der Waals surface area contributed by atoms with Crippen molar-refractivity contribution in [1.29, 1.82) is 0 Å². The van der Waals surface area contributed by atoms with E-state index in [1.807, 2.05) is 11.1 Å². The number of aliphatic imine (C=N–C) groups is 1. The number of barbiturate groups is 1. The summed E-state index contributed by atoms with van der Waals surface area (Å²) in [5.41, 5.74) is -1.25. The minimum absolute atomic E-state index is 0.108. The SMILES string of the molecule is CN1C(=O)N(C)C(=O)C2(Cc3cc(N=Cc4c(O)[nH]c(=O)[nH]c4=O)ccc3N3CCC[C@H]32)C1=O. The van der Waals surface area contributed by atoms with Crippen molar-refractivity contribution in [2.24, 2.45) is 10.4 Å². The smallest absolute Gasteiger partial charge is 0.332 e. The Kier molecular flexibility index (Phi) is 4.71. The van der Waals surface area contributed by atoms with E-state index < -0.39 is 40.4 Å². The van der Waals surface area contributed by atoms with Crippen LogP contribution in [0.4, 0.5) is 16.2 Å². The van der Waals surface area contributed by atoms with Gasteiger partial charge in [-0.15, -0.1) is 0 Å². The fraction of sp³-hybridized carbons (Fsp3) is 0.364. The van der Waals surface area contributed by atoms with Crippen molar-refractivity contribution in [2.75, 3.05) is 25.5 Å². The van der Waals surface area contributed by atoms with Crippen LogP contribution in [0, 0.1) is 5.41 Å². The number of rotatable bonds is 2. The molecule has 2 aromatic rings. The number of imide groups is 2. The summed E-state index contributed by atoms with van der Waals surface area (Å²) in [6, 6.07) is 4.28. The second-order valence-corrected chi connectivity index (χ2v) is 8.75. The number of urea groups is 1. The molecule has 1 spiro atoms. The minimum Gasteiger partial charge on any atom is -0.494 e. The van der Waals surface area contributed by atoms with E-state index in [0.717, 1.165) is 28.1 Å². The Balaban J connectivity index is 1.58. The largest absolute Gasteiger partial charge is 0.494 e. The summed E-state index contributed by atoms with van der Waals surface area (Å²) in [5.74, 6) is -1.63. The number of carbonyl (C=O) groups excluding carboxylic acids is 3. The second kappa shape index (κ2) is 7.40. The normalized spacial score (nSPS) is 21.5. The quantitative estimate of drug-likeness (QED) is 0.417. The van der Waals surface area contributed by atoms with Gasteiger partial charge in [0.25, 0.3) is 5.56 Å². The van der Waals surface area contributed by atoms with Gasteiger partial charge in [0.05, 0.1) is 11.7 Å². The molecule has 3 aliphatic heterocycles. The Morgan fingerprint density at radius 1 is 1.09 bits per heavy atom. The fourth-order valence-corrected chi connectivity index (χ4v) is 5.33. The van der Waals surface area contributed by atoms with E-state index in [2.05, 4.69) is 14.9 Å². The Hall–Kier alpha value is -4.22. The molecule has 1 aromatic heterocycles. The summed E-state index contributed by atoms with van der Waals surface area (Å²) >= 11 is 0. The van der Waals surface area contributed by atoms with E-state index in [1.54, 1.807) is 12.1 Å². The molecule has 0 unspecified atom stereocenters. The average Bonchev–Trinajstić information content (AvgIpc) is 3.30. The number of H-pyrrole nitrogens is 2. The van der Waals surface area contributed by atoms with Gasteiger partial charge >= 0.3 is 11.7 Å². The monoisotopic (exact) mass is 466 g/mol. The highest BCUT2D eigenvalue weighted by atomic mass is 16.3. The summed E-state index contributed by atoms with van der Waals surface area (Å²) < 4.78 is 0. The van der Waals surface area contributed by atoms with Crippen molar-refractivity contribution in [3.63, 3.8) is 0 Å². The maximum Gasteiger partial charge on any atom is 0.332 e. The number of aromatic hydroxyl groups is 1. The van der Waals surface area contributed by atoms with Crippen LogP contribution in [0.15, 0.2) is 32.8 Å². The number of hydrogen-bond acceptors (Lipinski definition) is 8. The molecule has 0 saturated carbocycles. The van der Waals surface area contributed by atoms with Gasteiger partial charge in [0, 0.05) is 32.5 Å². The Bertz CT molecular complexity index is 1370. The lowest BCUT2D eigenvalue weighted by Crippen LogP contribution is -2.70. The summed E-state index contributed by atoms with van der Waals surface area (Å²) in [7, 11) is 2.78. The molecule has 3 aliphatic rings. The van der Waals surface area contributed by atoms with Crippen LogP contribution in [0.25, 0.3) is 0 Å². The molecule has 0 radical (unpaired) electrons. The lowest BCUT2D eigenvalue weighted by Gasteiger charge is -2.50. The molecule has 2 fully saturated rings. The molecule has 0 aliphatic carbocycles. The lowest BCUT2D eigenvalue weighted by molar-refractivity contribution is -0.159. The third-order valence-corrected chi connectivity index (χ3v) is 6.91. The van der Waals surface area contributed by atoms with Gasteiger partial charge in [0.2, 0.25) is 17.7 Å². The summed E-state index contributed by atoms with van der Waals surface area (Å²) in [5, 5.41) is 9.86. The molecule has 4 amide bonds. The van der Waals surface area contributed by atoms with Crippen molar-refractivity contribution in [1.82, 2.24) is 19.8 Å². The first-order valence-electron chi connectivity index (χ1n) is 10.7. The number of amides is 4. The number of aromatic nitrogens is 2. The van der Waals surface area contributed by atoms with Gasteiger partial charge in [-0.2, -0.15) is 0 Å². The van der Waals surface area contributed by atoms with Gasteiger partial charge in [0.1, 0.15) is 5.56 Å². The number of hydrogen-bond donors (Lipinski definition) is 3. The van der Waals surface area contributed by atoms with Crippen LogP contribution in [0.1, 0.15) is 24.0 Å². The van der Waals surface area contributed by atoms with E-state index >= 15 is 0 Å². The van der Waals surface area contributed by atoms with E-state index in [1.165, 1.54) is 14.1 Å². The molecule has 3 N–H and O–H groups in total. The van der Waals surface area contributed by atoms with Crippen molar-refractivity contribution < 1.29 is 19.5 Å². The molecule has 5 rings (SSSR count). The highest BCUT2D eigenvalue weighted by Gasteiger charge is 2.63. The number of anilines is 1. The van der Waals surface area contributed by atoms with Gasteiger partial charge in [-0.05, 0) is 43.0 Å². The van der Waals surface area contributed by atoms with Crippen LogP contribution >= 0.6 is 0 Å². The van der Waals surface area contributed by atoms with Crippen LogP contribution in [-0.4, -0.2) is 75.6 Å². The van der Waals surface area contributed by atoms with Gasteiger partial charge < -0.3 is 10.0 Å². The average molecular weight is 466 g/mol. The first-order chi connectivity index (χ1) is 16.1. The van der Waals surface area contributed by atoms with Crippen LogP contribution in [0.5, 0.6) is 5.88 Å². The summed E-state index contributed by atoms with van der Waals surface area (Å²) in [4.78, 5) is 74.8. The summed E-state index contributed by atoms with van der Waals surface area (Å²) in [6.45, 7) is 0.671. The standard InChI is InChI=1S/C22H22N6O6/c1-26-18(31)22(19(32)27(2)21(26)34)9-11-8-12(5-6-14(11)28-7-3-4-15(22)28)23-10-13-16(29)24-20(33)25-17(13)30/h5-6,8,10,15H,3-4,7,9H2,1-2H3,(H3,24,25,29,30,33)/t15-/m0/s1. The molecule has 1 atom stereocenters. The van der Waals surface area contributed by atoms with Crippen molar-refractivity contribution in [2.45, 2.75) is 25.3 Å². The number of nitrogens with zero attached hydrogens (tertiary/aromatic N) is 4. The Labute approximate surface area is 192 Å². The number of carbonyl (C=O) groups is 3. The van der Waals surface area contributed by atoms with Gasteiger partial charge in [-0.3, -0.25) is 39.1 Å². The number of fused-ring (bicyclic) bond motifs is 4. The Morgan fingerprint density at radius 2 is 1.79 bits per heavy atom. The topological polar surface area (TPSA) is 159 Å². The van der Waals surface area contributed by atoms with Gasteiger partial charge in [0.15, 0.2) is 5.41 Å². The van der Waals surface area contributed by atoms with E-state index in [9.17, 15) is 29.1 Å². The van der Waals surface area contributed by atoms with E-state index in [0.29, 0.717) is 24.2 Å². The van der Waals surface area contributed by atoms with Gasteiger partial charge in [-0.1, -0.05) is 0 Å². The maximum absolute atomic E-state index is 13.4. The zero-order valence-electron chi connectivity index (χ0n) is 18.5. The number of aromatic amines is 2. The van der Waals surface area contributed by atoms with Gasteiger partial charge in [-0.25, -0.2) is 9.59 Å². The Morgan fingerprint density at radius 3 is 2.47 bits per heavy atom. The number of benzene rings is 1. The minimum atomic E-state index is -1.42. The van der Waals surface area contributed by atoms with Crippen molar-refractivity contribution >= 4 is 35.4 Å². The third-order valence-electron chi connectivity index (χ3n) is 6.91. The zero-order chi connectivity index (χ0) is 24.4. The van der Waals surface area contributed by atoms with Crippen molar-refractivity contribution in [3.8, 4) is 5.88 Å². The molecular weight excluding hydrogens is 444 g/mol. The molecule has 4 heterocycles. The zero-order valence-corrected chi connectivity index (χ0v) is 18.5. The van der Waals surface area contributed by atoms with E-state index in [4.69, 9.17) is 0 Å². The molecule has 12 nitrogen and oxygen atoms in total. The van der Waals surface area contributed by atoms with Crippen LogP contribution < -0.4 is 16.1 Å². The first-order valence-corrected chi connectivity index (χ1v) is 10.7. The molecule has 2 saturated heterocycles. The predicted octanol–water partition coefficient (Wildman–Crippen LogP) is 0.0811. The lowest BCUT2D eigenvalue weighted by atomic mass is 9.68. The second-order valence-electron chi connectivity index (χ2n) is 8.75.